The molecule has 0 spiro atoms. The molecule has 11 heteroatoms. The summed E-state index contributed by atoms with van der Waals surface area (Å²) in [5.41, 5.74) is 1.44. The van der Waals surface area contributed by atoms with Crippen molar-refractivity contribution >= 4 is 25.8 Å². The maximum Gasteiger partial charge on any atom is 0.243 e. The number of morpholine rings is 1. The average Bonchev–Trinajstić information content (AvgIpc) is 2.86. The average molecular weight is 525 g/mol. The molecule has 0 aromatic heterocycles. The van der Waals surface area contributed by atoms with Gasteiger partial charge in [0.25, 0.3) is 0 Å². The molecule has 3 rings (SSSR count). The summed E-state index contributed by atoms with van der Waals surface area (Å²) in [6.07, 6.45) is 2.21. The zero-order chi connectivity index (χ0) is 25.6. The molecule has 1 amide bonds. The van der Waals surface area contributed by atoms with Crippen molar-refractivity contribution in [3.8, 4) is 5.75 Å². The van der Waals surface area contributed by atoms with Crippen molar-refractivity contribution in [2.24, 2.45) is 0 Å². The van der Waals surface area contributed by atoms with Crippen LogP contribution in [-0.4, -0.2) is 66.7 Å². The fourth-order valence-corrected chi connectivity index (χ4v) is 6.02. The first-order valence-corrected chi connectivity index (χ1v) is 14.7. The van der Waals surface area contributed by atoms with Gasteiger partial charge in [-0.05, 0) is 54.3 Å². The quantitative estimate of drug-likeness (QED) is 0.507. The van der Waals surface area contributed by atoms with Crippen molar-refractivity contribution in [1.29, 1.82) is 0 Å². The monoisotopic (exact) mass is 524 g/mol. The Balaban J connectivity index is 1.69. The van der Waals surface area contributed by atoms with Gasteiger partial charge in [0.2, 0.25) is 15.9 Å². The lowest BCUT2D eigenvalue weighted by Crippen LogP contribution is -2.40. The first-order valence-electron chi connectivity index (χ1n) is 11.4. The molecule has 0 unspecified atom stereocenters. The van der Waals surface area contributed by atoms with Crippen LogP contribution in [0.4, 0.5) is 0 Å². The van der Waals surface area contributed by atoms with Crippen LogP contribution >= 0.6 is 0 Å². The van der Waals surface area contributed by atoms with E-state index in [1.165, 1.54) is 29.6 Å². The van der Waals surface area contributed by atoms with Gasteiger partial charge in [-0.25, -0.2) is 16.8 Å². The summed E-state index contributed by atoms with van der Waals surface area (Å²) in [7, 11) is -5.46. The topological polar surface area (TPSA) is 119 Å². The third kappa shape index (κ3) is 6.81. The molecular formula is C24H32N2O7S2. The van der Waals surface area contributed by atoms with Gasteiger partial charge >= 0.3 is 0 Å². The Morgan fingerprint density at radius 2 is 1.69 bits per heavy atom. The van der Waals surface area contributed by atoms with Crippen LogP contribution in [-0.2, 0) is 35.8 Å². The number of ether oxygens (including phenoxy) is 2. The number of amides is 1. The predicted octanol–water partition coefficient (Wildman–Crippen LogP) is 2.32. The maximum absolute atomic E-state index is 13.0. The first kappa shape index (κ1) is 27.1. The van der Waals surface area contributed by atoms with Crippen molar-refractivity contribution in [2.75, 3.05) is 39.7 Å². The Morgan fingerprint density at radius 1 is 1.06 bits per heavy atom. The normalized spacial score (nSPS) is 16.0. The standard InChI is InChI=1S/C24H32N2O7S2/c1-4-22(18-5-8-20(9-6-18)34(3,28)29)25-24(27)12-7-19-17-21(10-11-23(19)32-2)35(30,31)26-13-15-33-16-14-26/h5-6,8-11,17,22H,4,7,12-16H2,1-3H3,(H,25,27)/t22-/m0/s1. The molecule has 1 saturated heterocycles. The van der Waals surface area contributed by atoms with Crippen LogP contribution in [0.3, 0.4) is 0 Å². The second-order valence-corrected chi connectivity index (χ2v) is 12.3. The fraction of sp³-hybridized carbons (Fsp3) is 0.458. The van der Waals surface area contributed by atoms with E-state index >= 15 is 0 Å². The van der Waals surface area contributed by atoms with Crippen LogP contribution in [0.1, 0.15) is 36.9 Å². The van der Waals surface area contributed by atoms with E-state index in [0.29, 0.717) is 50.5 Å². The number of methoxy groups -OCH3 is 1. The smallest absolute Gasteiger partial charge is 0.243 e. The van der Waals surface area contributed by atoms with E-state index in [-0.39, 0.29) is 28.2 Å². The Labute approximate surface area is 207 Å². The van der Waals surface area contributed by atoms with Crippen LogP contribution in [0.2, 0.25) is 0 Å². The van der Waals surface area contributed by atoms with E-state index in [0.717, 1.165) is 11.8 Å². The second kappa shape index (κ2) is 11.5. The number of hydrogen-bond acceptors (Lipinski definition) is 7. The van der Waals surface area contributed by atoms with Gasteiger partial charge in [0, 0.05) is 25.8 Å². The highest BCUT2D eigenvalue weighted by Gasteiger charge is 2.27. The van der Waals surface area contributed by atoms with Crippen LogP contribution in [0.15, 0.2) is 52.3 Å². The van der Waals surface area contributed by atoms with Gasteiger partial charge < -0.3 is 14.8 Å². The Hall–Kier alpha value is -2.47. The third-order valence-electron chi connectivity index (χ3n) is 5.94. The van der Waals surface area contributed by atoms with Crippen molar-refractivity contribution in [2.45, 2.75) is 42.0 Å². The van der Waals surface area contributed by atoms with Gasteiger partial charge in [-0.2, -0.15) is 4.31 Å². The molecule has 0 bridgehead atoms. The molecule has 1 aliphatic rings. The first-order chi connectivity index (χ1) is 16.6. The number of nitrogens with zero attached hydrogens (tertiary/aromatic N) is 1. The third-order valence-corrected chi connectivity index (χ3v) is 8.96. The summed E-state index contributed by atoms with van der Waals surface area (Å²) in [5, 5.41) is 2.98. The number of carbonyl (C=O) groups excluding carboxylic acids is 1. The lowest BCUT2D eigenvalue weighted by atomic mass is 10.0. The molecule has 1 N–H and O–H groups in total. The molecule has 35 heavy (non-hydrogen) atoms. The lowest BCUT2D eigenvalue weighted by Gasteiger charge is -2.26. The predicted molar refractivity (Wildman–Crippen MR) is 132 cm³/mol. The van der Waals surface area contributed by atoms with Gasteiger partial charge in [0.05, 0.1) is 36.2 Å². The van der Waals surface area contributed by atoms with Crippen molar-refractivity contribution in [3.63, 3.8) is 0 Å². The number of rotatable bonds is 10. The maximum atomic E-state index is 13.0. The molecule has 1 heterocycles. The van der Waals surface area contributed by atoms with E-state index in [2.05, 4.69) is 5.32 Å². The number of hydrogen-bond donors (Lipinski definition) is 1. The van der Waals surface area contributed by atoms with Gasteiger partial charge in [0.1, 0.15) is 5.75 Å². The van der Waals surface area contributed by atoms with Crippen LogP contribution < -0.4 is 10.1 Å². The molecule has 9 nitrogen and oxygen atoms in total. The van der Waals surface area contributed by atoms with Gasteiger partial charge in [-0.15, -0.1) is 0 Å². The molecule has 1 atom stereocenters. The molecule has 1 fully saturated rings. The Bertz CT molecular complexity index is 1240. The number of sulfonamides is 1. The van der Waals surface area contributed by atoms with Crippen molar-refractivity contribution in [1.82, 2.24) is 9.62 Å². The highest BCUT2D eigenvalue weighted by atomic mass is 32.2. The van der Waals surface area contributed by atoms with Gasteiger partial charge in [0.15, 0.2) is 9.84 Å². The largest absolute Gasteiger partial charge is 0.496 e. The minimum atomic E-state index is -3.67. The number of nitrogens with one attached hydrogen (secondary N) is 1. The zero-order valence-corrected chi connectivity index (χ0v) is 21.8. The minimum Gasteiger partial charge on any atom is -0.496 e. The molecule has 2 aromatic rings. The van der Waals surface area contributed by atoms with E-state index < -0.39 is 19.9 Å². The molecule has 0 saturated carbocycles. The fourth-order valence-electron chi connectivity index (χ4n) is 3.93. The van der Waals surface area contributed by atoms with Crippen molar-refractivity contribution < 1.29 is 31.1 Å². The molecular weight excluding hydrogens is 492 g/mol. The molecule has 2 aromatic carbocycles. The molecule has 0 radical (unpaired) electrons. The highest BCUT2D eigenvalue weighted by molar-refractivity contribution is 7.90. The van der Waals surface area contributed by atoms with Crippen LogP contribution in [0, 0.1) is 0 Å². The van der Waals surface area contributed by atoms with E-state index in [4.69, 9.17) is 9.47 Å². The summed E-state index contributed by atoms with van der Waals surface area (Å²) in [4.78, 5) is 13.1. The summed E-state index contributed by atoms with van der Waals surface area (Å²) >= 11 is 0. The van der Waals surface area contributed by atoms with Gasteiger partial charge in [-0.1, -0.05) is 19.1 Å². The molecule has 1 aliphatic heterocycles. The van der Waals surface area contributed by atoms with E-state index in [1.807, 2.05) is 6.92 Å². The van der Waals surface area contributed by atoms with Gasteiger partial charge in [-0.3, -0.25) is 4.79 Å². The van der Waals surface area contributed by atoms with Crippen LogP contribution in [0.25, 0.3) is 0 Å². The lowest BCUT2D eigenvalue weighted by molar-refractivity contribution is -0.121. The SMILES string of the molecule is CC[C@H](NC(=O)CCc1cc(S(=O)(=O)N2CCOCC2)ccc1OC)c1ccc(S(C)(=O)=O)cc1. The summed E-state index contributed by atoms with van der Waals surface area (Å²) < 4.78 is 61.4. The summed E-state index contributed by atoms with van der Waals surface area (Å²) in [5.74, 6) is 0.315. The van der Waals surface area contributed by atoms with Crippen LogP contribution in [0.5, 0.6) is 5.75 Å². The number of carbonyl (C=O) groups is 1. The molecule has 192 valence electrons. The second-order valence-electron chi connectivity index (χ2n) is 8.36. The number of aryl methyl sites for hydroxylation is 1. The van der Waals surface area contributed by atoms with E-state index in [9.17, 15) is 21.6 Å². The zero-order valence-electron chi connectivity index (χ0n) is 20.2. The molecule has 0 aliphatic carbocycles. The van der Waals surface area contributed by atoms with Crippen molar-refractivity contribution in [3.05, 3.63) is 53.6 Å². The number of sulfone groups is 1. The summed E-state index contributed by atoms with van der Waals surface area (Å²) in [6.45, 7) is 3.25. The number of benzene rings is 2. The minimum absolute atomic E-state index is 0.134. The highest BCUT2D eigenvalue weighted by Crippen LogP contribution is 2.26. The summed E-state index contributed by atoms with van der Waals surface area (Å²) in [6, 6.07) is 10.9. The Morgan fingerprint density at radius 3 is 2.26 bits per heavy atom. The van der Waals surface area contributed by atoms with E-state index in [1.54, 1.807) is 24.3 Å². The Kier molecular flexibility index (Phi) is 8.92.